The lowest BCUT2D eigenvalue weighted by molar-refractivity contribution is 0.415. The van der Waals surface area contributed by atoms with Gasteiger partial charge in [0.15, 0.2) is 0 Å². The molecule has 0 aromatic rings. The highest BCUT2D eigenvalue weighted by Crippen LogP contribution is 1.90. The molecule has 0 aromatic carbocycles. The lowest BCUT2D eigenvalue weighted by Gasteiger charge is -1.82. The Morgan fingerprint density at radius 3 is 2.29 bits per heavy atom. The molecule has 0 saturated heterocycles. The summed E-state index contributed by atoms with van der Waals surface area (Å²) in [6.45, 7) is 1.54. The first-order chi connectivity index (χ1) is 3.13. The van der Waals surface area contributed by atoms with Crippen molar-refractivity contribution in [3.05, 3.63) is 11.8 Å². The fraction of sp³-hybridized carbons (Fsp3) is 0.250. The van der Waals surface area contributed by atoms with E-state index in [-0.39, 0.29) is 5.76 Å². The zero-order valence-electron chi connectivity index (χ0n) is 3.88. The molecule has 40 valence electrons. The van der Waals surface area contributed by atoms with Gasteiger partial charge in [-0.15, -0.1) is 12.6 Å². The molecule has 0 spiro atoms. The summed E-state index contributed by atoms with van der Waals surface area (Å²) in [6.07, 6.45) is 1.40. The van der Waals surface area contributed by atoms with Crippen molar-refractivity contribution < 1.29 is 5.11 Å². The Labute approximate surface area is 53.5 Å². The van der Waals surface area contributed by atoms with Crippen molar-refractivity contribution >= 4 is 29.0 Å². The molecule has 7 heavy (non-hydrogen) atoms. The maximum absolute atomic E-state index is 8.45. The molecule has 1 N–H and O–H groups in total. The second-order valence-corrected chi connectivity index (χ2v) is 2.35. The van der Waals surface area contributed by atoms with E-state index in [0.29, 0.717) is 4.20 Å². The van der Waals surface area contributed by atoms with E-state index in [1.807, 2.05) is 0 Å². The fourth-order valence-corrected chi connectivity index (χ4v) is 0.536. The molecule has 0 aliphatic rings. The van der Waals surface area contributed by atoms with Gasteiger partial charge in [0.1, 0.15) is 0 Å². The molecule has 0 saturated carbocycles. The van der Waals surface area contributed by atoms with Crippen molar-refractivity contribution in [3.63, 3.8) is 0 Å². The number of thiocarbonyl (C=S) groups is 1. The Balaban J connectivity index is 3.68. The summed E-state index contributed by atoms with van der Waals surface area (Å²) in [5.74, 6) is 0.194. The minimum atomic E-state index is 0.194. The topological polar surface area (TPSA) is 20.2 Å². The molecule has 1 nitrogen and oxygen atoms in total. The minimum Gasteiger partial charge on any atom is -0.513 e. The van der Waals surface area contributed by atoms with Crippen LogP contribution in [0.2, 0.25) is 0 Å². The van der Waals surface area contributed by atoms with Crippen LogP contribution < -0.4 is 0 Å². The first-order valence-electron chi connectivity index (χ1n) is 1.73. The molecule has 0 radical (unpaired) electrons. The Kier molecular flexibility index (Phi) is 3.04. The summed E-state index contributed by atoms with van der Waals surface area (Å²) in [7, 11) is 0. The van der Waals surface area contributed by atoms with E-state index in [1.54, 1.807) is 6.92 Å². The Bertz CT molecular complexity index is 102. The highest BCUT2D eigenvalue weighted by Gasteiger charge is 1.79. The third kappa shape index (κ3) is 5.98. The second-order valence-electron chi connectivity index (χ2n) is 1.12. The number of thiol groups is 1. The van der Waals surface area contributed by atoms with Gasteiger partial charge >= 0.3 is 0 Å². The highest BCUT2D eigenvalue weighted by molar-refractivity contribution is 8.11. The minimum absolute atomic E-state index is 0.194. The predicted octanol–water partition coefficient (Wildman–Crippen LogP) is 1.71. The van der Waals surface area contributed by atoms with Crippen LogP contribution in [0.15, 0.2) is 11.8 Å². The Morgan fingerprint density at radius 1 is 1.86 bits per heavy atom. The van der Waals surface area contributed by atoms with Gasteiger partial charge < -0.3 is 5.11 Å². The van der Waals surface area contributed by atoms with Gasteiger partial charge in [-0.3, -0.25) is 0 Å². The van der Waals surface area contributed by atoms with Gasteiger partial charge in [-0.1, -0.05) is 12.2 Å². The van der Waals surface area contributed by atoms with E-state index < -0.39 is 0 Å². The van der Waals surface area contributed by atoms with Crippen LogP contribution >= 0.6 is 24.8 Å². The van der Waals surface area contributed by atoms with Crippen LogP contribution in [0, 0.1) is 0 Å². The first-order valence-corrected chi connectivity index (χ1v) is 2.58. The third-order valence-electron chi connectivity index (χ3n) is 0.332. The summed E-state index contributed by atoms with van der Waals surface area (Å²) in [6, 6.07) is 0. The van der Waals surface area contributed by atoms with Gasteiger partial charge in [0.25, 0.3) is 0 Å². The molecule has 0 aliphatic heterocycles. The fourth-order valence-electron chi connectivity index (χ4n) is 0.179. The number of aliphatic hydroxyl groups excluding tert-OH is 1. The molecule has 0 atom stereocenters. The van der Waals surface area contributed by atoms with Crippen LogP contribution in [0.25, 0.3) is 0 Å². The van der Waals surface area contributed by atoms with Crippen molar-refractivity contribution in [3.8, 4) is 0 Å². The van der Waals surface area contributed by atoms with Crippen LogP contribution in [0.1, 0.15) is 6.92 Å². The number of hydrogen-bond donors (Lipinski definition) is 2. The summed E-state index contributed by atoms with van der Waals surface area (Å²) in [5.41, 5.74) is 0. The quantitative estimate of drug-likeness (QED) is 0.246. The molecule has 3 heteroatoms. The number of hydrogen-bond acceptors (Lipinski definition) is 2. The molecule has 0 aromatic heterocycles. The molecular formula is C4H6OS2. The van der Waals surface area contributed by atoms with E-state index in [0.717, 1.165) is 0 Å². The van der Waals surface area contributed by atoms with Crippen LogP contribution in [0.4, 0.5) is 0 Å². The van der Waals surface area contributed by atoms with Crippen LogP contribution in [0.5, 0.6) is 0 Å². The van der Waals surface area contributed by atoms with E-state index in [2.05, 4.69) is 24.8 Å². The molecule has 0 rings (SSSR count). The number of allylic oxidation sites excluding steroid dienone is 1. The van der Waals surface area contributed by atoms with Gasteiger partial charge in [0.2, 0.25) is 0 Å². The monoisotopic (exact) mass is 134 g/mol. The average Bonchev–Trinajstić information content (AvgIpc) is 1.27. The van der Waals surface area contributed by atoms with Crippen molar-refractivity contribution in [2.75, 3.05) is 0 Å². The summed E-state index contributed by atoms with van der Waals surface area (Å²) >= 11 is 8.23. The van der Waals surface area contributed by atoms with E-state index in [1.165, 1.54) is 6.08 Å². The van der Waals surface area contributed by atoms with E-state index >= 15 is 0 Å². The molecule has 0 bridgehead atoms. The summed E-state index contributed by atoms with van der Waals surface area (Å²) in [4.78, 5) is 0. The Hall–Kier alpha value is -0.0200. The molecule has 0 unspecified atom stereocenters. The van der Waals surface area contributed by atoms with Crippen LogP contribution in [-0.2, 0) is 0 Å². The third-order valence-corrected chi connectivity index (χ3v) is 0.579. The van der Waals surface area contributed by atoms with Gasteiger partial charge in [-0.05, 0) is 13.0 Å². The largest absolute Gasteiger partial charge is 0.513 e. The normalized spacial score (nSPS) is 11.4. The van der Waals surface area contributed by atoms with Gasteiger partial charge in [-0.25, -0.2) is 0 Å². The van der Waals surface area contributed by atoms with Gasteiger partial charge in [0, 0.05) is 0 Å². The maximum atomic E-state index is 8.45. The van der Waals surface area contributed by atoms with E-state index in [9.17, 15) is 0 Å². The smallest absolute Gasteiger partial charge is 0.0911 e. The number of rotatable bonds is 1. The van der Waals surface area contributed by atoms with Gasteiger partial charge in [-0.2, -0.15) is 0 Å². The van der Waals surface area contributed by atoms with Crippen molar-refractivity contribution in [1.82, 2.24) is 0 Å². The molecular weight excluding hydrogens is 128 g/mol. The standard InChI is InChI=1S/C4H6OS2/c1-3(5)2-4(6)7/h2,5H,1H3,(H,6,7)/b3-2+. The molecule has 0 fully saturated rings. The van der Waals surface area contributed by atoms with Crippen LogP contribution in [0.3, 0.4) is 0 Å². The molecule has 0 amide bonds. The molecule has 0 aliphatic carbocycles. The first kappa shape index (κ1) is 6.98. The lowest BCUT2D eigenvalue weighted by atomic mass is 10.5. The zero-order chi connectivity index (χ0) is 5.86. The second kappa shape index (κ2) is 3.04. The van der Waals surface area contributed by atoms with Crippen molar-refractivity contribution in [2.45, 2.75) is 6.92 Å². The van der Waals surface area contributed by atoms with Crippen molar-refractivity contribution in [2.24, 2.45) is 0 Å². The van der Waals surface area contributed by atoms with Gasteiger partial charge in [0.05, 0.1) is 9.96 Å². The van der Waals surface area contributed by atoms with E-state index in [4.69, 9.17) is 5.11 Å². The average molecular weight is 134 g/mol. The van der Waals surface area contributed by atoms with Crippen molar-refractivity contribution in [1.29, 1.82) is 0 Å². The van der Waals surface area contributed by atoms with Crippen LogP contribution in [-0.4, -0.2) is 9.30 Å². The lowest BCUT2D eigenvalue weighted by Crippen LogP contribution is -1.75. The maximum Gasteiger partial charge on any atom is 0.0911 e. The summed E-state index contributed by atoms with van der Waals surface area (Å²) < 4.78 is 0.403. The Morgan fingerprint density at radius 2 is 2.29 bits per heavy atom. The zero-order valence-corrected chi connectivity index (χ0v) is 5.59. The molecule has 0 heterocycles. The summed E-state index contributed by atoms with van der Waals surface area (Å²) in [5, 5.41) is 8.45. The SMILES string of the molecule is C/C(O)=C\C(=S)S. The highest BCUT2D eigenvalue weighted by atomic mass is 32.1. The predicted molar refractivity (Wildman–Crippen MR) is 38.0 cm³/mol. The number of aliphatic hydroxyl groups is 1.